The van der Waals surface area contributed by atoms with Crippen LogP contribution in [0.5, 0.6) is 5.75 Å². The standard InChI is InChI=1S/C18H27NO3/c1-3-21-14-16-6-5-11-19(13-16)18(20)12-15-7-9-17(10-8-15)22-4-2/h7-10,16H,3-6,11-14H2,1-2H3. The summed E-state index contributed by atoms with van der Waals surface area (Å²) in [5, 5.41) is 0. The van der Waals surface area contributed by atoms with Crippen LogP contribution < -0.4 is 4.74 Å². The van der Waals surface area contributed by atoms with E-state index in [0.29, 0.717) is 18.9 Å². The number of hydrogen-bond donors (Lipinski definition) is 0. The summed E-state index contributed by atoms with van der Waals surface area (Å²) < 4.78 is 10.9. The monoisotopic (exact) mass is 305 g/mol. The molecule has 0 aromatic heterocycles. The SMILES string of the molecule is CCOCC1CCCN(C(=O)Cc2ccc(OCC)cc2)C1. The van der Waals surface area contributed by atoms with Gasteiger partial charge in [-0.25, -0.2) is 0 Å². The molecule has 0 spiro atoms. The summed E-state index contributed by atoms with van der Waals surface area (Å²) in [6, 6.07) is 7.81. The van der Waals surface area contributed by atoms with E-state index in [1.807, 2.05) is 43.0 Å². The first-order valence-corrected chi connectivity index (χ1v) is 8.30. The molecule has 4 heteroatoms. The molecular formula is C18H27NO3. The second-order valence-electron chi connectivity index (χ2n) is 5.76. The largest absolute Gasteiger partial charge is 0.494 e. The van der Waals surface area contributed by atoms with Crippen molar-refractivity contribution < 1.29 is 14.3 Å². The fourth-order valence-corrected chi connectivity index (χ4v) is 2.87. The molecule has 122 valence electrons. The minimum Gasteiger partial charge on any atom is -0.494 e. The Bertz CT molecular complexity index is 458. The fourth-order valence-electron chi connectivity index (χ4n) is 2.87. The van der Waals surface area contributed by atoms with Crippen LogP contribution in [0.25, 0.3) is 0 Å². The number of nitrogens with zero attached hydrogens (tertiary/aromatic N) is 1. The van der Waals surface area contributed by atoms with Crippen LogP contribution in [-0.4, -0.2) is 43.7 Å². The van der Waals surface area contributed by atoms with Crippen molar-refractivity contribution in [1.29, 1.82) is 0 Å². The number of carbonyl (C=O) groups excluding carboxylic acids is 1. The first-order valence-electron chi connectivity index (χ1n) is 8.30. The Balaban J connectivity index is 1.85. The third-order valence-corrected chi connectivity index (χ3v) is 4.02. The molecule has 4 nitrogen and oxygen atoms in total. The summed E-state index contributed by atoms with van der Waals surface area (Å²) in [5.41, 5.74) is 1.04. The average molecular weight is 305 g/mol. The van der Waals surface area contributed by atoms with Crippen LogP contribution in [0, 0.1) is 5.92 Å². The molecule has 0 radical (unpaired) electrons. The quantitative estimate of drug-likeness (QED) is 0.777. The zero-order chi connectivity index (χ0) is 15.8. The molecule has 22 heavy (non-hydrogen) atoms. The van der Waals surface area contributed by atoms with E-state index in [-0.39, 0.29) is 5.91 Å². The minimum absolute atomic E-state index is 0.213. The predicted octanol–water partition coefficient (Wildman–Crippen LogP) is 2.90. The lowest BCUT2D eigenvalue weighted by Gasteiger charge is -2.32. The molecule has 1 saturated heterocycles. The van der Waals surface area contributed by atoms with Gasteiger partial charge in [0.25, 0.3) is 0 Å². The number of rotatable bonds is 7. The van der Waals surface area contributed by atoms with Crippen molar-refractivity contribution >= 4 is 5.91 Å². The Kier molecular flexibility index (Phi) is 6.72. The van der Waals surface area contributed by atoms with Crippen molar-refractivity contribution in [1.82, 2.24) is 4.90 Å². The van der Waals surface area contributed by atoms with Crippen LogP contribution >= 0.6 is 0 Å². The van der Waals surface area contributed by atoms with Gasteiger partial charge in [0, 0.05) is 19.7 Å². The van der Waals surface area contributed by atoms with Crippen molar-refractivity contribution in [3.63, 3.8) is 0 Å². The summed E-state index contributed by atoms with van der Waals surface area (Å²) in [5.74, 6) is 1.55. The number of amides is 1. The minimum atomic E-state index is 0.213. The van der Waals surface area contributed by atoms with Gasteiger partial charge in [-0.1, -0.05) is 12.1 Å². The molecule has 1 amide bonds. The molecule has 2 rings (SSSR count). The molecule has 1 aliphatic rings. The van der Waals surface area contributed by atoms with E-state index < -0.39 is 0 Å². The highest BCUT2D eigenvalue weighted by atomic mass is 16.5. The number of ether oxygens (including phenoxy) is 2. The lowest BCUT2D eigenvalue weighted by atomic mass is 9.98. The van der Waals surface area contributed by atoms with Gasteiger partial charge in [-0.3, -0.25) is 4.79 Å². The van der Waals surface area contributed by atoms with Crippen molar-refractivity contribution in [3.8, 4) is 5.75 Å². The molecule has 0 aliphatic carbocycles. The summed E-state index contributed by atoms with van der Waals surface area (Å²) in [7, 11) is 0. The molecule has 0 bridgehead atoms. The maximum Gasteiger partial charge on any atom is 0.226 e. The molecule has 0 saturated carbocycles. The van der Waals surface area contributed by atoms with Crippen LogP contribution in [-0.2, 0) is 16.0 Å². The highest BCUT2D eigenvalue weighted by Gasteiger charge is 2.23. The zero-order valence-electron chi connectivity index (χ0n) is 13.7. The number of likely N-dealkylation sites (tertiary alicyclic amines) is 1. The van der Waals surface area contributed by atoms with E-state index in [9.17, 15) is 4.79 Å². The maximum atomic E-state index is 12.5. The molecule has 1 aromatic carbocycles. The fraction of sp³-hybridized carbons (Fsp3) is 0.611. The van der Waals surface area contributed by atoms with Crippen molar-refractivity contribution in [2.24, 2.45) is 5.92 Å². The Labute approximate surface area is 133 Å². The molecule has 1 aliphatic heterocycles. The Morgan fingerprint density at radius 2 is 2.00 bits per heavy atom. The van der Waals surface area contributed by atoms with E-state index >= 15 is 0 Å². The molecule has 0 N–H and O–H groups in total. The molecule has 1 unspecified atom stereocenters. The molecule has 1 fully saturated rings. The topological polar surface area (TPSA) is 38.8 Å². The number of carbonyl (C=O) groups is 1. The predicted molar refractivity (Wildman–Crippen MR) is 87.1 cm³/mol. The Morgan fingerprint density at radius 3 is 2.68 bits per heavy atom. The molecule has 1 aromatic rings. The molecule has 1 heterocycles. The van der Waals surface area contributed by atoms with Gasteiger partial charge in [-0.05, 0) is 50.3 Å². The van der Waals surface area contributed by atoms with Crippen molar-refractivity contribution in [2.45, 2.75) is 33.1 Å². The lowest BCUT2D eigenvalue weighted by Crippen LogP contribution is -2.42. The Morgan fingerprint density at radius 1 is 1.23 bits per heavy atom. The second-order valence-corrected chi connectivity index (χ2v) is 5.76. The molecule has 1 atom stereocenters. The highest BCUT2D eigenvalue weighted by Crippen LogP contribution is 2.19. The van der Waals surface area contributed by atoms with Gasteiger partial charge in [-0.2, -0.15) is 0 Å². The van der Waals surface area contributed by atoms with E-state index in [2.05, 4.69) is 0 Å². The first-order chi connectivity index (χ1) is 10.7. The van der Waals surface area contributed by atoms with Gasteiger partial charge in [0.05, 0.1) is 19.6 Å². The number of benzene rings is 1. The van der Waals surface area contributed by atoms with Gasteiger partial charge in [0.1, 0.15) is 5.75 Å². The second kappa shape index (κ2) is 8.79. The van der Waals surface area contributed by atoms with Crippen LogP contribution in [0.3, 0.4) is 0 Å². The third-order valence-electron chi connectivity index (χ3n) is 4.02. The van der Waals surface area contributed by atoms with E-state index in [0.717, 1.165) is 50.5 Å². The van der Waals surface area contributed by atoms with Gasteiger partial charge in [0.2, 0.25) is 5.91 Å². The van der Waals surface area contributed by atoms with Crippen LogP contribution in [0.2, 0.25) is 0 Å². The highest BCUT2D eigenvalue weighted by molar-refractivity contribution is 5.78. The van der Waals surface area contributed by atoms with Gasteiger partial charge in [0.15, 0.2) is 0 Å². The summed E-state index contributed by atoms with van der Waals surface area (Å²) in [4.78, 5) is 14.4. The Hall–Kier alpha value is -1.55. The van der Waals surface area contributed by atoms with Crippen LogP contribution in [0.15, 0.2) is 24.3 Å². The van der Waals surface area contributed by atoms with E-state index in [1.54, 1.807) is 0 Å². The first kappa shape index (κ1) is 16.8. The molecular weight excluding hydrogens is 278 g/mol. The van der Waals surface area contributed by atoms with Crippen LogP contribution in [0.1, 0.15) is 32.3 Å². The average Bonchev–Trinajstić information content (AvgIpc) is 2.55. The summed E-state index contributed by atoms with van der Waals surface area (Å²) in [6.45, 7) is 7.85. The van der Waals surface area contributed by atoms with Crippen LogP contribution in [0.4, 0.5) is 0 Å². The number of hydrogen-bond acceptors (Lipinski definition) is 3. The summed E-state index contributed by atoms with van der Waals surface area (Å²) >= 11 is 0. The third kappa shape index (κ3) is 5.02. The zero-order valence-corrected chi connectivity index (χ0v) is 13.7. The smallest absolute Gasteiger partial charge is 0.226 e. The van der Waals surface area contributed by atoms with Crippen molar-refractivity contribution in [3.05, 3.63) is 29.8 Å². The lowest BCUT2D eigenvalue weighted by molar-refractivity contribution is -0.132. The van der Waals surface area contributed by atoms with Crippen molar-refractivity contribution in [2.75, 3.05) is 32.9 Å². The number of piperidine rings is 1. The normalized spacial score (nSPS) is 18.3. The maximum absolute atomic E-state index is 12.5. The van der Waals surface area contributed by atoms with Gasteiger partial charge < -0.3 is 14.4 Å². The van der Waals surface area contributed by atoms with Gasteiger partial charge in [-0.15, -0.1) is 0 Å². The summed E-state index contributed by atoms with van der Waals surface area (Å²) in [6.07, 6.45) is 2.70. The van der Waals surface area contributed by atoms with Gasteiger partial charge >= 0.3 is 0 Å². The van der Waals surface area contributed by atoms with E-state index in [4.69, 9.17) is 9.47 Å². The van der Waals surface area contributed by atoms with E-state index in [1.165, 1.54) is 0 Å².